The van der Waals surface area contributed by atoms with Gasteiger partial charge in [0.2, 0.25) is 5.91 Å². The van der Waals surface area contributed by atoms with Gasteiger partial charge in [-0.25, -0.2) is 4.39 Å². The number of nitrogens with one attached hydrogen (secondary N) is 1. The molecule has 1 atom stereocenters. The van der Waals surface area contributed by atoms with Crippen molar-refractivity contribution < 1.29 is 18.7 Å². The molecule has 2 fully saturated rings. The van der Waals surface area contributed by atoms with Crippen LogP contribution in [0.25, 0.3) is 0 Å². The maximum absolute atomic E-state index is 14.4. The van der Waals surface area contributed by atoms with Gasteiger partial charge in [0, 0.05) is 76.2 Å². The van der Waals surface area contributed by atoms with Crippen LogP contribution >= 0.6 is 0 Å². The highest BCUT2D eigenvalue weighted by molar-refractivity contribution is 5.95. The van der Waals surface area contributed by atoms with Crippen molar-refractivity contribution in [2.24, 2.45) is 0 Å². The van der Waals surface area contributed by atoms with Crippen molar-refractivity contribution in [2.45, 2.75) is 32.3 Å². The van der Waals surface area contributed by atoms with Crippen molar-refractivity contribution in [3.05, 3.63) is 47.8 Å². The fourth-order valence-electron chi connectivity index (χ4n) is 5.33. The lowest BCUT2D eigenvalue weighted by Crippen LogP contribution is -2.48. The van der Waals surface area contributed by atoms with Gasteiger partial charge in [-0.2, -0.15) is 0 Å². The third-order valence-electron chi connectivity index (χ3n) is 7.62. The molecule has 0 aliphatic carbocycles. The van der Waals surface area contributed by atoms with E-state index in [2.05, 4.69) is 27.1 Å². The number of piperazine rings is 2. The van der Waals surface area contributed by atoms with Gasteiger partial charge < -0.3 is 29.7 Å². The molecule has 2 saturated heterocycles. The summed E-state index contributed by atoms with van der Waals surface area (Å²) in [6, 6.07) is 10.9. The van der Waals surface area contributed by atoms with E-state index in [4.69, 9.17) is 4.74 Å². The van der Waals surface area contributed by atoms with Crippen LogP contribution in [0.3, 0.4) is 0 Å². The summed E-state index contributed by atoms with van der Waals surface area (Å²) in [7, 11) is 2.08. The third kappa shape index (κ3) is 5.66. The number of halogens is 1. The Labute approximate surface area is 218 Å². The summed E-state index contributed by atoms with van der Waals surface area (Å²) in [5, 5.41) is 2.99. The second-order valence-corrected chi connectivity index (χ2v) is 10.1. The van der Waals surface area contributed by atoms with Crippen LogP contribution in [0.4, 0.5) is 21.5 Å². The second-order valence-electron chi connectivity index (χ2n) is 10.1. The van der Waals surface area contributed by atoms with Crippen LogP contribution in [-0.4, -0.2) is 87.1 Å². The van der Waals surface area contributed by atoms with E-state index in [1.165, 1.54) is 12.1 Å². The first-order valence-corrected chi connectivity index (χ1v) is 13.3. The number of nitrogens with zero attached hydrogens (tertiary/aromatic N) is 4. The van der Waals surface area contributed by atoms with Gasteiger partial charge in [0.15, 0.2) is 6.10 Å². The molecule has 2 aromatic carbocycles. The molecule has 0 radical (unpaired) electrons. The molecule has 198 valence electrons. The number of amides is 2. The van der Waals surface area contributed by atoms with Gasteiger partial charge >= 0.3 is 0 Å². The van der Waals surface area contributed by atoms with Crippen LogP contribution in [0.2, 0.25) is 0 Å². The van der Waals surface area contributed by atoms with Crippen molar-refractivity contribution in [1.82, 2.24) is 9.80 Å². The zero-order chi connectivity index (χ0) is 25.9. The van der Waals surface area contributed by atoms with Crippen molar-refractivity contribution in [3.63, 3.8) is 0 Å². The van der Waals surface area contributed by atoms with E-state index in [-0.39, 0.29) is 17.6 Å². The average Bonchev–Trinajstić information content (AvgIpc) is 2.93. The minimum absolute atomic E-state index is 0.196. The standard InChI is InChI=1S/C28H36FN5O3/c1-3-26(35)34-16-14-32(15-17-34)23-7-5-22(6-8-23)30-28(36)25-9-4-20-18-21(29)19-24(27(20)37-25)33-12-10-31(2)11-13-33/h5-8,18-19,25H,3-4,9-17H2,1-2H3,(H,30,36). The molecule has 3 aliphatic rings. The molecule has 3 aliphatic heterocycles. The zero-order valence-electron chi connectivity index (χ0n) is 21.7. The quantitative estimate of drug-likeness (QED) is 0.669. The number of hydrogen-bond donors (Lipinski definition) is 1. The normalized spacial score (nSPS) is 20.3. The van der Waals surface area contributed by atoms with Gasteiger partial charge in [0.25, 0.3) is 5.91 Å². The third-order valence-corrected chi connectivity index (χ3v) is 7.62. The Morgan fingerprint density at radius 1 is 0.973 bits per heavy atom. The summed E-state index contributed by atoms with van der Waals surface area (Å²) in [6.45, 7) is 8.33. The summed E-state index contributed by atoms with van der Waals surface area (Å²) >= 11 is 0. The predicted octanol–water partition coefficient (Wildman–Crippen LogP) is 2.97. The topological polar surface area (TPSA) is 68.4 Å². The number of hydrogen-bond acceptors (Lipinski definition) is 6. The Morgan fingerprint density at radius 2 is 1.65 bits per heavy atom. The van der Waals surface area contributed by atoms with E-state index in [0.717, 1.165) is 69.3 Å². The molecule has 0 bridgehead atoms. The van der Waals surface area contributed by atoms with E-state index in [9.17, 15) is 14.0 Å². The number of carbonyl (C=O) groups excluding carboxylic acids is 2. The number of benzene rings is 2. The Hall–Kier alpha value is -3.33. The SMILES string of the molecule is CCC(=O)N1CCN(c2ccc(NC(=O)C3CCc4cc(F)cc(N5CCN(C)CC5)c4O3)cc2)CC1. The molecule has 1 unspecified atom stereocenters. The molecule has 0 aromatic heterocycles. The largest absolute Gasteiger partial charge is 0.478 e. The summed E-state index contributed by atoms with van der Waals surface area (Å²) in [5.74, 6) is 0.371. The van der Waals surface area contributed by atoms with Crippen LogP contribution in [0.1, 0.15) is 25.3 Å². The highest BCUT2D eigenvalue weighted by Crippen LogP contribution is 2.39. The molecular weight excluding hydrogens is 473 g/mol. The highest BCUT2D eigenvalue weighted by atomic mass is 19.1. The zero-order valence-corrected chi connectivity index (χ0v) is 21.7. The van der Waals surface area contributed by atoms with Gasteiger partial charge in [0.1, 0.15) is 11.6 Å². The molecule has 9 heteroatoms. The van der Waals surface area contributed by atoms with Gasteiger partial charge in [-0.15, -0.1) is 0 Å². The first-order valence-electron chi connectivity index (χ1n) is 13.3. The Morgan fingerprint density at radius 3 is 2.32 bits per heavy atom. The van der Waals surface area contributed by atoms with Gasteiger partial charge in [-0.3, -0.25) is 9.59 Å². The van der Waals surface area contributed by atoms with Crippen LogP contribution in [0.5, 0.6) is 5.75 Å². The van der Waals surface area contributed by atoms with Crippen LogP contribution < -0.4 is 19.9 Å². The lowest BCUT2D eigenvalue weighted by Gasteiger charge is -2.37. The average molecular weight is 510 g/mol. The molecule has 8 nitrogen and oxygen atoms in total. The number of likely N-dealkylation sites (N-methyl/N-ethyl adjacent to an activating group) is 1. The van der Waals surface area contributed by atoms with Crippen LogP contribution in [-0.2, 0) is 16.0 Å². The summed E-state index contributed by atoms with van der Waals surface area (Å²) in [5.41, 5.74) is 3.35. The van der Waals surface area contributed by atoms with Crippen molar-refractivity contribution in [2.75, 3.05) is 74.5 Å². The van der Waals surface area contributed by atoms with Gasteiger partial charge in [-0.05, 0) is 55.8 Å². The Balaban J connectivity index is 1.21. The number of fused-ring (bicyclic) bond motifs is 1. The maximum atomic E-state index is 14.4. The molecular formula is C28H36FN5O3. The summed E-state index contributed by atoms with van der Waals surface area (Å²) < 4.78 is 20.6. The van der Waals surface area contributed by atoms with Crippen LogP contribution in [0, 0.1) is 5.82 Å². The number of carbonyl (C=O) groups is 2. The Kier molecular flexibility index (Phi) is 7.50. The smallest absolute Gasteiger partial charge is 0.265 e. The summed E-state index contributed by atoms with van der Waals surface area (Å²) in [6.07, 6.45) is 1.01. The minimum atomic E-state index is -0.631. The fourth-order valence-corrected chi connectivity index (χ4v) is 5.33. The van der Waals surface area contributed by atoms with E-state index >= 15 is 0 Å². The molecule has 37 heavy (non-hydrogen) atoms. The van der Waals surface area contributed by atoms with Crippen molar-refractivity contribution >= 4 is 28.9 Å². The number of rotatable bonds is 5. The van der Waals surface area contributed by atoms with Crippen molar-refractivity contribution in [3.8, 4) is 5.75 Å². The molecule has 1 N–H and O–H groups in total. The molecule has 0 spiro atoms. The monoisotopic (exact) mass is 509 g/mol. The lowest BCUT2D eigenvalue weighted by atomic mass is 9.99. The number of aryl methyl sites for hydroxylation is 1. The van der Waals surface area contributed by atoms with Crippen LogP contribution in [0.15, 0.2) is 36.4 Å². The first-order chi connectivity index (χ1) is 17.9. The second kappa shape index (κ2) is 11.0. The fraction of sp³-hybridized carbons (Fsp3) is 0.500. The molecule has 3 heterocycles. The molecule has 2 aromatic rings. The Bertz CT molecular complexity index is 1130. The highest BCUT2D eigenvalue weighted by Gasteiger charge is 2.31. The van der Waals surface area contributed by atoms with Gasteiger partial charge in [0.05, 0.1) is 5.69 Å². The molecule has 5 rings (SSSR count). The van der Waals surface area contributed by atoms with Crippen molar-refractivity contribution in [1.29, 1.82) is 0 Å². The lowest BCUT2D eigenvalue weighted by molar-refractivity contribution is -0.131. The van der Waals surface area contributed by atoms with E-state index in [1.54, 1.807) is 0 Å². The minimum Gasteiger partial charge on any atom is -0.478 e. The number of anilines is 3. The molecule has 0 saturated carbocycles. The van der Waals surface area contributed by atoms with E-state index in [0.29, 0.717) is 30.7 Å². The maximum Gasteiger partial charge on any atom is 0.265 e. The molecule has 2 amide bonds. The number of ether oxygens (including phenoxy) is 1. The predicted molar refractivity (Wildman–Crippen MR) is 143 cm³/mol. The van der Waals surface area contributed by atoms with E-state index < -0.39 is 6.10 Å². The summed E-state index contributed by atoms with van der Waals surface area (Å²) in [4.78, 5) is 33.6. The van der Waals surface area contributed by atoms with E-state index in [1.807, 2.05) is 36.1 Å². The van der Waals surface area contributed by atoms with Gasteiger partial charge in [-0.1, -0.05) is 6.92 Å². The first kappa shape index (κ1) is 25.3.